The van der Waals surface area contributed by atoms with Crippen molar-refractivity contribution in [2.75, 3.05) is 11.1 Å². The number of carbonyl (C=O) groups excluding carboxylic acids is 1. The van der Waals surface area contributed by atoms with Gasteiger partial charge in [0, 0.05) is 21.5 Å². The van der Waals surface area contributed by atoms with Gasteiger partial charge in [-0.1, -0.05) is 0 Å². The average molecular weight is 369 g/mol. The molecule has 3 N–H and O–H groups in total. The van der Waals surface area contributed by atoms with Gasteiger partial charge in [-0.25, -0.2) is 0 Å². The summed E-state index contributed by atoms with van der Waals surface area (Å²) >= 11 is 2.23. The van der Waals surface area contributed by atoms with Crippen molar-refractivity contribution < 1.29 is 4.79 Å². The molecule has 0 atom stereocenters. The van der Waals surface area contributed by atoms with E-state index in [1.54, 1.807) is 12.3 Å². The predicted octanol–water partition coefficient (Wildman–Crippen LogP) is 3.51. The SMILES string of the molecule is CC(C)n1cc(N)cc1C(=O)Nc1ccc(I)cc1. The van der Waals surface area contributed by atoms with Gasteiger partial charge in [-0.3, -0.25) is 4.79 Å². The number of amides is 1. The number of rotatable bonds is 3. The molecule has 0 saturated heterocycles. The fourth-order valence-corrected chi connectivity index (χ4v) is 2.20. The summed E-state index contributed by atoms with van der Waals surface area (Å²) in [6.45, 7) is 4.03. The minimum atomic E-state index is -0.147. The van der Waals surface area contributed by atoms with Crippen LogP contribution in [0.4, 0.5) is 11.4 Å². The number of nitrogen functional groups attached to an aromatic ring is 1. The molecule has 0 saturated carbocycles. The summed E-state index contributed by atoms with van der Waals surface area (Å²) < 4.78 is 3.00. The highest BCUT2D eigenvalue weighted by Crippen LogP contribution is 2.18. The molecule has 2 aromatic rings. The van der Waals surface area contributed by atoms with Crippen LogP contribution in [0.25, 0.3) is 0 Å². The van der Waals surface area contributed by atoms with Crippen LogP contribution in [-0.4, -0.2) is 10.5 Å². The molecule has 0 aliphatic rings. The molecule has 19 heavy (non-hydrogen) atoms. The first kappa shape index (κ1) is 13.9. The molecule has 0 bridgehead atoms. The van der Waals surface area contributed by atoms with Gasteiger partial charge in [0.05, 0.1) is 5.69 Å². The molecule has 5 heteroatoms. The lowest BCUT2D eigenvalue weighted by atomic mass is 10.3. The standard InChI is InChI=1S/C14H16IN3O/c1-9(2)18-8-11(16)7-13(18)14(19)17-12-5-3-10(15)4-6-12/h3-9H,16H2,1-2H3,(H,17,19). The van der Waals surface area contributed by atoms with E-state index in [0.717, 1.165) is 9.26 Å². The number of carbonyl (C=O) groups is 1. The summed E-state index contributed by atoms with van der Waals surface area (Å²) in [5.41, 5.74) is 7.72. The third-order valence-electron chi connectivity index (χ3n) is 2.76. The first-order valence-electron chi connectivity index (χ1n) is 6.01. The molecule has 100 valence electrons. The lowest BCUT2D eigenvalue weighted by Gasteiger charge is -2.12. The highest BCUT2D eigenvalue weighted by Gasteiger charge is 2.14. The number of anilines is 2. The van der Waals surface area contributed by atoms with E-state index in [1.807, 2.05) is 42.7 Å². The number of halogens is 1. The van der Waals surface area contributed by atoms with E-state index in [-0.39, 0.29) is 11.9 Å². The predicted molar refractivity (Wildman–Crippen MR) is 86.3 cm³/mol. The lowest BCUT2D eigenvalue weighted by molar-refractivity contribution is 0.101. The summed E-state index contributed by atoms with van der Waals surface area (Å²) in [5.74, 6) is -0.147. The molecular formula is C14H16IN3O. The lowest BCUT2D eigenvalue weighted by Crippen LogP contribution is -2.17. The average Bonchev–Trinajstić information content (AvgIpc) is 2.74. The largest absolute Gasteiger partial charge is 0.397 e. The number of nitrogens with one attached hydrogen (secondary N) is 1. The Kier molecular flexibility index (Phi) is 4.14. The van der Waals surface area contributed by atoms with Crippen molar-refractivity contribution in [1.29, 1.82) is 0 Å². The molecule has 0 aliphatic heterocycles. The van der Waals surface area contributed by atoms with Crippen LogP contribution >= 0.6 is 22.6 Å². The van der Waals surface area contributed by atoms with E-state index >= 15 is 0 Å². The van der Waals surface area contributed by atoms with Gasteiger partial charge in [0.25, 0.3) is 5.91 Å². The number of nitrogens with zero attached hydrogens (tertiary/aromatic N) is 1. The number of benzene rings is 1. The molecule has 1 aromatic carbocycles. The third kappa shape index (κ3) is 3.28. The van der Waals surface area contributed by atoms with Gasteiger partial charge < -0.3 is 15.6 Å². The van der Waals surface area contributed by atoms with Gasteiger partial charge >= 0.3 is 0 Å². The maximum atomic E-state index is 12.2. The zero-order valence-corrected chi connectivity index (χ0v) is 13.0. The summed E-state index contributed by atoms with van der Waals surface area (Å²) in [4.78, 5) is 12.2. The maximum Gasteiger partial charge on any atom is 0.272 e. The second kappa shape index (κ2) is 5.64. The van der Waals surface area contributed by atoms with Crippen LogP contribution in [-0.2, 0) is 0 Å². The van der Waals surface area contributed by atoms with Crippen molar-refractivity contribution in [3.05, 3.63) is 45.8 Å². The van der Waals surface area contributed by atoms with Gasteiger partial charge in [-0.05, 0) is 66.8 Å². The maximum absolute atomic E-state index is 12.2. The topological polar surface area (TPSA) is 60.0 Å². The zero-order chi connectivity index (χ0) is 14.0. The van der Waals surface area contributed by atoms with Crippen LogP contribution in [0.15, 0.2) is 36.5 Å². The fraction of sp³-hybridized carbons (Fsp3) is 0.214. The Labute approximate surface area is 126 Å². The monoisotopic (exact) mass is 369 g/mol. The molecular weight excluding hydrogens is 353 g/mol. The van der Waals surface area contributed by atoms with E-state index < -0.39 is 0 Å². The molecule has 1 amide bonds. The Morgan fingerprint density at radius 2 is 1.95 bits per heavy atom. The van der Waals surface area contributed by atoms with Gasteiger partial charge in [-0.2, -0.15) is 0 Å². The summed E-state index contributed by atoms with van der Waals surface area (Å²) in [5, 5.41) is 2.88. The summed E-state index contributed by atoms with van der Waals surface area (Å²) in [6, 6.07) is 9.55. The molecule has 0 spiro atoms. The van der Waals surface area contributed by atoms with Crippen LogP contribution < -0.4 is 11.1 Å². The van der Waals surface area contributed by atoms with Crippen molar-refractivity contribution in [2.45, 2.75) is 19.9 Å². The van der Waals surface area contributed by atoms with Crippen LogP contribution in [0.1, 0.15) is 30.4 Å². The van der Waals surface area contributed by atoms with Crippen LogP contribution in [0.3, 0.4) is 0 Å². The van der Waals surface area contributed by atoms with Crippen LogP contribution in [0.2, 0.25) is 0 Å². The van der Waals surface area contributed by atoms with E-state index in [2.05, 4.69) is 27.9 Å². The molecule has 0 fully saturated rings. The van der Waals surface area contributed by atoms with Gasteiger partial charge in [0.1, 0.15) is 5.69 Å². The zero-order valence-electron chi connectivity index (χ0n) is 10.9. The molecule has 0 unspecified atom stereocenters. The van der Waals surface area contributed by atoms with Crippen molar-refractivity contribution in [1.82, 2.24) is 4.57 Å². The normalized spacial score (nSPS) is 10.7. The highest BCUT2D eigenvalue weighted by molar-refractivity contribution is 14.1. The van der Waals surface area contributed by atoms with Crippen molar-refractivity contribution in [2.24, 2.45) is 0 Å². The third-order valence-corrected chi connectivity index (χ3v) is 3.48. The van der Waals surface area contributed by atoms with Crippen molar-refractivity contribution >= 4 is 39.9 Å². The van der Waals surface area contributed by atoms with E-state index in [0.29, 0.717) is 11.4 Å². The van der Waals surface area contributed by atoms with Gasteiger partial charge in [-0.15, -0.1) is 0 Å². The Balaban J connectivity index is 2.22. The summed E-state index contributed by atoms with van der Waals surface area (Å²) in [6.07, 6.45) is 1.79. The Morgan fingerprint density at radius 3 is 2.53 bits per heavy atom. The Morgan fingerprint density at radius 1 is 1.32 bits per heavy atom. The number of hydrogen-bond acceptors (Lipinski definition) is 2. The van der Waals surface area contributed by atoms with E-state index in [4.69, 9.17) is 5.73 Å². The quantitative estimate of drug-likeness (QED) is 0.814. The first-order valence-corrected chi connectivity index (χ1v) is 7.09. The van der Waals surface area contributed by atoms with E-state index in [1.165, 1.54) is 0 Å². The van der Waals surface area contributed by atoms with Crippen molar-refractivity contribution in [3.8, 4) is 0 Å². The molecule has 1 aromatic heterocycles. The van der Waals surface area contributed by atoms with E-state index in [9.17, 15) is 4.79 Å². The van der Waals surface area contributed by atoms with Gasteiger partial charge in [0.2, 0.25) is 0 Å². The van der Waals surface area contributed by atoms with Crippen LogP contribution in [0.5, 0.6) is 0 Å². The van der Waals surface area contributed by atoms with Crippen LogP contribution in [0, 0.1) is 3.57 Å². The first-order chi connectivity index (χ1) is 8.97. The van der Waals surface area contributed by atoms with Crippen molar-refractivity contribution in [3.63, 3.8) is 0 Å². The molecule has 0 aliphatic carbocycles. The number of aromatic nitrogens is 1. The molecule has 2 rings (SSSR count). The Hall–Kier alpha value is -1.50. The number of hydrogen-bond donors (Lipinski definition) is 2. The highest BCUT2D eigenvalue weighted by atomic mass is 127. The Bertz CT molecular complexity index is 587. The smallest absolute Gasteiger partial charge is 0.272 e. The second-order valence-electron chi connectivity index (χ2n) is 4.62. The summed E-state index contributed by atoms with van der Waals surface area (Å²) in [7, 11) is 0. The molecule has 0 radical (unpaired) electrons. The van der Waals surface area contributed by atoms with Gasteiger partial charge in [0.15, 0.2) is 0 Å². The minimum absolute atomic E-state index is 0.147. The second-order valence-corrected chi connectivity index (χ2v) is 5.87. The molecule has 1 heterocycles. The number of nitrogens with two attached hydrogens (primary N) is 1. The fourth-order valence-electron chi connectivity index (χ4n) is 1.84. The minimum Gasteiger partial charge on any atom is -0.397 e. The molecule has 4 nitrogen and oxygen atoms in total.